The van der Waals surface area contributed by atoms with Crippen molar-refractivity contribution in [1.29, 1.82) is 0 Å². The molecule has 0 aliphatic heterocycles. The van der Waals surface area contributed by atoms with Gasteiger partial charge in [0.25, 0.3) is 5.91 Å². The summed E-state index contributed by atoms with van der Waals surface area (Å²) in [4.78, 5) is 17.0. The van der Waals surface area contributed by atoms with Gasteiger partial charge in [-0.2, -0.15) is 5.10 Å². The first kappa shape index (κ1) is 10.9. The van der Waals surface area contributed by atoms with E-state index in [-0.39, 0.29) is 5.91 Å². The molecule has 0 radical (unpaired) electrons. The molecule has 5 nitrogen and oxygen atoms in total. The van der Waals surface area contributed by atoms with Crippen LogP contribution in [0.2, 0.25) is 0 Å². The summed E-state index contributed by atoms with van der Waals surface area (Å²) < 4.78 is 1.57. The van der Waals surface area contributed by atoms with Gasteiger partial charge in [-0.15, -0.1) is 0 Å². The lowest BCUT2D eigenvalue weighted by atomic mass is 10.1. The second-order valence-electron chi connectivity index (χ2n) is 4.55. The Balaban J connectivity index is 1.94. The highest BCUT2D eigenvalue weighted by molar-refractivity contribution is 6.09. The fourth-order valence-corrected chi connectivity index (χ4v) is 2.41. The van der Waals surface area contributed by atoms with E-state index in [9.17, 15) is 4.79 Å². The molecule has 0 fully saturated rings. The number of hydrogen-bond donors (Lipinski definition) is 1. The van der Waals surface area contributed by atoms with E-state index < -0.39 is 0 Å². The Labute approximate surface area is 113 Å². The van der Waals surface area contributed by atoms with Crippen LogP contribution in [0.25, 0.3) is 21.9 Å². The molecule has 2 heterocycles. The predicted octanol–water partition coefficient (Wildman–Crippen LogP) is 2.60. The van der Waals surface area contributed by atoms with Crippen LogP contribution < -0.4 is 0 Å². The lowest BCUT2D eigenvalue weighted by Gasteiger charge is -2.04. The van der Waals surface area contributed by atoms with Gasteiger partial charge in [0.2, 0.25) is 0 Å². The van der Waals surface area contributed by atoms with Gasteiger partial charge in [-0.3, -0.25) is 14.5 Å². The number of nitrogens with one attached hydrogen (secondary N) is 1. The maximum atomic E-state index is 12.7. The van der Waals surface area contributed by atoms with Crippen molar-refractivity contribution >= 4 is 27.8 Å². The van der Waals surface area contributed by atoms with E-state index in [0.717, 1.165) is 21.9 Å². The maximum Gasteiger partial charge on any atom is 0.264 e. The Morgan fingerprint density at radius 3 is 2.95 bits per heavy atom. The average Bonchev–Trinajstić information content (AvgIpc) is 3.12. The van der Waals surface area contributed by atoms with E-state index in [1.54, 1.807) is 23.2 Å². The van der Waals surface area contributed by atoms with Gasteiger partial charge < -0.3 is 0 Å². The number of imidazole rings is 1. The standard InChI is InChI=1S/C15H10N4O/c20-15(10-4-3-6-12-11(10)8-17-18-12)19-9-16-13-5-1-2-7-14(13)19/h1-9H,(H,17,18). The van der Waals surface area contributed by atoms with E-state index in [1.165, 1.54) is 0 Å². The Morgan fingerprint density at radius 1 is 1.10 bits per heavy atom. The summed E-state index contributed by atoms with van der Waals surface area (Å²) in [7, 11) is 0. The first-order valence-corrected chi connectivity index (χ1v) is 6.23. The lowest BCUT2D eigenvalue weighted by Crippen LogP contribution is -2.10. The molecule has 0 amide bonds. The van der Waals surface area contributed by atoms with E-state index in [1.807, 2.05) is 36.4 Å². The van der Waals surface area contributed by atoms with Crippen LogP contribution in [0.1, 0.15) is 10.4 Å². The molecule has 0 aliphatic carbocycles. The number of benzene rings is 2. The number of rotatable bonds is 1. The number of H-pyrrole nitrogens is 1. The van der Waals surface area contributed by atoms with Crippen LogP contribution >= 0.6 is 0 Å². The fourth-order valence-electron chi connectivity index (χ4n) is 2.41. The van der Waals surface area contributed by atoms with Crippen molar-refractivity contribution in [1.82, 2.24) is 19.7 Å². The highest BCUT2D eigenvalue weighted by Gasteiger charge is 2.15. The Bertz CT molecular complexity index is 935. The molecule has 0 aliphatic rings. The number of carbonyl (C=O) groups is 1. The van der Waals surface area contributed by atoms with Crippen LogP contribution in [0.5, 0.6) is 0 Å². The van der Waals surface area contributed by atoms with Gasteiger partial charge in [0.1, 0.15) is 6.33 Å². The van der Waals surface area contributed by atoms with Crippen molar-refractivity contribution in [3.05, 3.63) is 60.6 Å². The van der Waals surface area contributed by atoms with E-state index >= 15 is 0 Å². The van der Waals surface area contributed by atoms with Gasteiger partial charge in [0.05, 0.1) is 28.3 Å². The third-order valence-corrected chi connectivity index (χ3v) is 3.39. The summed E-state index contributed by atoms with van der Waals surface area (Å²) in [6, 6.07) is 13.1. The zero-order valence-corrected chi connectivity index (χ0v) is 10.4. The molecule has 2 aromatic heterocycles. The number of hydrogen-bond acceptors (Lipinski definition) is 3. The molecule has 0 saturated heterocycles. The highest BCUT2D eigenvalue weighted by Crippen LogP contribution is 2.19. The molecule has 2 aromatic carbocycles. The van der Waals surface area contributed by atoms with Gasteiger partial charge in [0, 0.05) is 5.39 Å². The number of para-hydroxylation sites is 2. The largest absolute Gasteiger partial charge is 0.278 e. The molecule has 5 heteroatoms. The first-order chi connectivity index (χ1) is 9.84. The molecule has 0 bridgehead atoms. The Kier molecular flexibility index (Phi) is 2.20. The minimum absolute atomic E-state index is 0.106. The normalized spacial score (nSPS) is 11.2. The minimum atomic E-state index is -0.106. The SMILES string of the molecule is O=C(c1cccc2[nH]ncc12)n1cnc2ccccc21. The van der Waals surface area contributed by atoms with E-state index in [2.05, 4.69) is 15.2 Å². The Hall–Kier alpha value is -2.95. The number of aromatic amines is 1. The van der Waals surface area contributed by atoms with Gasteiger partial charge >= 0.3 is 0 Å². The molecule has 96 valence electrons. The van der Waals surface area contributed by atoms with Crippen molar-refractivity contribution in [3.8, 4) is 0 Å². The summed E-state index contributed by atoms with van der Waals surface area (Å²) in [6.07, 6.45) is 3.23. The molecule has 0 spiro atoms. The van der Waals surface area contributed by atoms with Gasteiger partial charge in [-0.1, -0.05) is 18.2 Å². The molecule has 4 rings (SSSR count). The molecule has 0 saturated carbocycles. The summed E-state index contributed by atoms with van der Waals surface area (Å²) in [5.74, 6) is -0.106. The molecule has 0 unspecified atom stereocenters. The topological polar surface area (TPSA) is 63.6 Å². The van der Waals surface area contributed by atoms with Crippen molar-refractivity contribution in [2.24, 2.45) is 0 Å². The second kappa shape index (κ2) is 4.03. The third-order valence-electron chi connectivity index (χ3n) is 3.39. The van der Waals surface area contributed by atoms with Crippen molar-refractivity contribution < 1.29 is 4.79 Å². The predicted molar refractivity (Wildman–Crippen MR) is 75.6 cm³/mol. The smallest absolute Gasteiger partial charge is 0.264 e. The maximum absolute atomic E-state index is 12.7. The summed E-state index contributed by atoms with van der Waals surface area (Å²) in [6.45, 7) is 0. The van der Waals surface area contributed by atoms with Crippen LogP contribution in [0.3, 0.4) is 0 Å². The molecule has 4 aromatic rings. The summed E-state index contributed by atoms with van der Waals surface area (Å²) in [5.41, 5.74) is 3.07. The lowest BCUT2D eigenvalue weighted by molar-refractivity contribution is 0.0966. The molecule has 0 atom stereocenters. The highest BCUT2D eigenvalue weighted by atomic mass is 16.2. The van der Waals surface area contributed by atoms with E-state index in [4.69, 9.17) is 0 Å². The molecule has 1 N–H and O–H groups in total. The van der Waals surface area contributed by atoms with Crippen molar-refractivity contribution in [3.63, 3.8) is 0 Å². The van der Waals surface area contributed by atoms with Gasteiger partial charge in [-0.25, -0.2) is 4.98 Å². The van der Waals surface area contributed by atoms with Crippen LogP contribution in [-0.4, -0.2) is 25.7 Å². The van der Waals surface area contributed by atoms with Crippen molar-refractivity contribution in [2.45, 2.75) is 0 Å². The zero-order valence-electron chi connectivity index (χ0n) is 10.4. The minimum Gasteiger partial charge on any atom is -0.278 e. The summed E-state index contributed by atoms with van der Waals surface area (Å²) in [5, 5.41) is 7.67. The number of carbonyl (C=O) groups excluding carboxylic acids is 1. The number of nitrogens with zero attached hydrogens (tertiary/aromatic N) is 3. The molecular formula is C15H10N4O. The van der Waals surface area contributed by atoms with Crippen molar-refractivity contribution in [2.75, 3.05) is 0 Å². The van der Waals surface area contributed by atoms with E-state index in [0.29, 0.717) is 5.56 Å². The van der Waals surface area contributed by atoms with Gasteiger partial charge in [0.15, 0.2) is 0 Å². The van der Waals surface area contributed by atoms with Crippen LogP contribution in [0, 0.1) is 0 Å². The van der Waals surface area contributed by atoms with Gasteiger partial charge in [-0.05, 0) is 24.3 Å². The van der Waals surface area contributed by atoms with Crippen LogP contribution in [0.4, 0.5) is 0 Å². The number of fused-ring (bicyclic) bond motifs is 2. The monoisotopic (exact) mass is 262 g/mol. The van der Waals surface area contributed by atoms with Crippen LogP contribution in [0.15, 0.2) is 55.0 Å². The molecular weight excluding hydrogens is 252 g/mol. The number of aromatic nitrogens is 4. The summed E-state index contributed by atoms with van der Waals surface area (Å²) >= 11 is 0. The quantitative estimate of drug-likeness (QED) is 0.573. The first-order valence-electron chi connectivity index (χ1n) is 6.23. The zero-order chi connectivity index (χ0) is 13.5. The van der Waals surface area contributed by atoms with Crippen LogP contribution in [-0.2, 0) is 0 Å². The second-order valence-corrected chi connectivity index (χ2v) is 4.55. The third kappa shape index (κ3) is 1.46. The molecule has 20 heavy (non-hydrogen) atoms. The Morgan fingerprint density at radius 2 is 2.00 bits per heavy atom. The average molecular weight is 262 g/mol. The fraction of sp³-hybridized carbons (Fsp3) is 0.